The fourth-order valence-corrected chi connectivity index (χ4v) is 8.74. The Morgan fingerprint density at radius 2 is 1.32 bits per heavy atom. The zero-order valence-corrected chi connectivity index (χ0v) is 28.0. The molecule has 0 amide bonds. The van der Waals surface area contributed by atoms with Gasteiger partial charge in [-0.2, -0.15) is 0 Å². The first-order chi connectivity index (χ1) is 21.7. The van der Waals surface area contributed by atoms with Gasteiger partial charge in [-0.15, -0.1) is 0 Å². The zero-order chi connectivity index (χ0) is 34.3. The molecule has 0 radical (unpaired) electrons. The molecule has 3 aliphatic heterocycles. The number of carbonyl (C=O) groups is 4. The number of rotatable bonds is 5. The molecule has 2 N–H and O–H groups in total. The first-order valence-electron chi connectivity index (χ1n) is 16.1. The summed E-state index contributed by atoms with van der Waals surface area (Å²) in [6.45, 7) is 14.1. The van der Waals surface area contributed by atoms with Crippen molar-refractivity contribution in [1.29, 1.82) is 0 Å². The van der Waals surface area contributed by atoms with E-state index in [1.807, 2.05) is 13.8 Å². The molecular formula is C35H41NO11. The lowest BCUT2D eigenvalue weighted by molar-refractivity contribution is -0.217. The first kappa shape index (κ1) is 31.7. The maximum Gasteiger partial charge on any atom is 0.351 e. The molecule has 2 aromatic rings. The lowest BCUT2D eigenvalue weighted by Crippen LogP contribution is -2.57. The second-order valence-electron chi connectivity index (χ2n) is 15.9. The minimum Gasteiger partial charge on any atom is -0.483 e. The number of hydrogen-bond acceptors (Lipinski definition) is 12. The Morgan fingerprint density at radius 1 is 0.787 bits per heavy atom. The minimum atomic E-state index is -1.61. The van der Waals surface area contributed by atoms with Crippen molar-refractivity contribution in [2.75, 3.05) is 0 Å². The van der Waals surface area contributed by atoms with Crippen LogP contribution in [0.3, 0.4) is 0 Å². The zero-order valence-electron chi connectivity index (χ0n) is 28.0. The summed E-state index contributed by atoms with van der Waals surface area (Å²) in [5.41, 5.74) is -2.58. The van der Waals surface area contributed by atoms with E-state index in [1.165, 1.54) is 0 Å². The summed E-state index contributed by atoms with van der Waals surface area (Å²) in [6.07, 6.45) is -1.37. The Hall–Kier alpha value is -3.93. The van der Waals surface area contributed by atoms with Crippen molar-refractivity contribution in [3.8, 4) is 5.75 Å². The lowest BCUT2D eigenvalue weighted by Gasteiger charge is -2.45. The van der Waals surface area contributed by atoms with Crippen molar-refractivity contribution in [2.45, 2.75) is 117 Å². The van der Waals surface area contributed by atoms with Gasteiger partial charge in [-0.3, -0.25) is 9.59 Å². The summed E-state index contributed by atoms with van der Waals surface area (Å²) in [5, 5.41) is 0.480. The molecule has 2 aliphatic carbocycles. The average molecular weight is 652 g/mol. The summed E-state index contributed by atoms with van der Waals surface area (Å²) in [6, 6.07) is 4.94. The maximum atomic E-state index is 14.5. The van der Waals surface area contributed by atoms with E-state index in [1.54, 1.807) is 59.7 Å². The minimum absolute atomic E-state index is 0.0607. The van der Waals surface area contributed by atoms with E-state index in [0.717, 1.165) is 0 Å². The van der Waals surface area contributed by atoms with Crippen LogP contribution in [0.1, 0.15) is 98.3 Å². The molecule has 0 spiro atoms. The molecule has 12 heteroatoms. The van der Waals surface area contributed by atoms with Crippen LogP contribution in [0.15, 0.2) is 27.4 Å². The van der Waals surface area contributed by atoms with Gasteiger partial charge in [-0.1, -0.05) is 27.7 Å². The molecule has 2 saturated carbocycles. The normalized spacial score (nSPS) is 36.8. The lowest BCUT2D eigenvalue weighted by atomic mass is 9.66. The van der Waals surface area contributed by atoms with Crippen LogP contribution in [0, 0.1) is 21.7 Å². The van der Waals surface area contributed by atoms with Crippen LogP contribution in [-0.4, -0.2) is 46.8 Å². The maximum absolute atomic E-state index is 14.5. The van der Waals surface area contributed by atoms with E-state index in [-0.39, 0.29) is 41.8 Å². The van der Waals surface area contributed by atoms with Gasteiger partial charge in [0, 0.05) is 22.8 Å². The predicted octanol–water partition coefficient (Wildman–Crippen LogP) is 4.16. The monoisotopic (exact) mass is 651 g/mol. The van der Waals surface area contributed by atoms with Crippen LogP contribution in [0.4, 0.5) is 0 Å². The molecule has 4 bridgehead atoms. The number of hydrogen-bond donors (Lipinski definition) is 1. The van der Waals surface area contributed by atoms with Gasteiger partial charge < -0.3 is 33.8 Å². The third kappa shape index (κ3) is 3.54. The fraction of sp³-hybridized carbons (Fsp3) is 0.629. The molecule has 5 aliphatic rings. The number of ether oxygens (including phenoxy) is 5. The third-order valence-electron chi connectivity index (χ3n) is 13.1. The van der Waals surface area contributed by atoms with E-state index in [4.69, 9.17) is 33.8 Å². The van der Waals surface area contributed by atoms with Gasteiger partial charge in [0.1, 0.15) is 16.9 Å². The SMILES string of the molecule is CC1(C)Oc2ccc3cc(CN)c(=O)oc3c2[C@@H](OC(=O)C23CCC(C)(C(=O)O2)C3(C)C)[C@H]1OC(=O)C12CCC(C)(C(=O)O1)C2(C)C. The Morgan fingerprint density at radius 3 is 1.79 bits per heavy atom. The fourth-order valence-electron chi connectivity index (χ4n) is 8.74. The van der Waals surface area contributed by atoms with Gasteiger partial charge in [0.2, 0.25) is 11.2 Å². The van der Waals surface area contributed by atoms with Crippen LogP contribution in [0.25, 0.3) is 11.0 Å². The van der Waals surface area contributed by atoms with Crippen LogP contribution >= 0.6 is 0 Å². The van der Waals surface area contributed by atoms with Crippen LogP contribution in [-0.2, 0) is 44.7 Å². The third-order valence-corrected chi connectivity index (χ3v) is 13.1. The Balaban J connectivity index is 1.37. The molecule has 47 heavy (non-hydrogen) atoms. The highest BCUT2D eigenvalue weighted by atomic mass is 16.7. The van der Waals surface area contributed by atoms with Crippen LogP contribution in [0.5, 0.6) is 5.75 Å². The van der Waals surface area contributed by atoms with E-state index in [9.17, 15) is 24.0 Å². The highest BCUT2D eigenvalue weighted by Gasteiger charge is 2.78. The predicted molar refractivity (Wildman–Crippen MR) is 164 cm³/mol. The number of fused-ring (bicyclic) bond motifs is 7. The molecule has 12 nitrogen and oxygen atoms in total. The van der Waals surface area contributed by atoms with Gasteiger partial charge >= 0.3 is 29.5 Å². The molecule has 252 valence electrons. The molecular weight excluding hydrogens is 610 g/mol. The van der Waals surface area contributed by atoms with Gasteiger partial charge in [-0.05, 0) is 71.6 Å². The van der Waals surface area contributed by atoms with E-state index in [0.29, 0.717) is 18.2 Å². The highest BCUT2D eigenvalue weighted by Crippen LogP contribution is 2.67. The largest absolute Gasteiger partial charge is 0.483 e. The van der Waals surface area contributed by atoms with Crippen molar-refractivity contribution in [1.82, 2.24) is 0 Å². The van der Waals surface area contributed by atoms with Crippen molar-refractivity contribution in [3.63, 3.8) is 0 Å². The van der Waals surface area contributed by atoms with E-state index < -0.39 is 80.2 Å². The first-order valence-corrected chi connectivity index (χ1v) is 16.1. The average Bonchev–Trinajstić information content (AvgIpc) is 3.46. The summed E-state index contributed by atoms with van der Waals surface area (Å²) >= 11 is 0. The molecule has 4 heterocycles. The number of esters is 4. The van der Waals surface area contributed by atoms with E-state index >= 15 is 0 Å². The summed E-state index contributed by atoms with van der Waals surface area (Å²) in [5.74, 6) is -2.33. The van der Waals surface area contributed by atoms with Gasteiger partial charge in [-0.25, -0.2) is 14.4 Å². The quantitative estimate of drug-likeness (QED) is 0.279. The molecule has 1 aromatic carbocycles. The van der Waals surface area contributed by atoms with Gasteiger partial charge in [0.25, 0.3) is 0 Å². The molecule has 4 fully saturated rings. The summed E-state index contributed by atoms with van der Waals surface area (Å²) < 4.78 is 36.5. The van der Waals surface area contributed by atoms with Crippen molar-refractivity contribution in [2.24, 2.45) is 27.4 Å². The Bertz CT molecular complexity index is 1860. The van der Waals surface area contributed by atoms with Crippen molar-refractivity contribution < 1.29 is 47.3 Å². The second kappa shape index (κ2) is 9.15. The van der Waals surface area contributed by atoms with Crippen molar-refractivity contribution >= 4 is 34.8 Å². The molecule has 7 rings (SSSR count). The molecule has 4 unspecified atom stereocenters. The highest BCUT2D eigenvalue weighted by molar-refractivity contribution is 5.95. The number of nitrogens with two attached hydrogens (primary N) is 1. The molecule has 1 aromatic heterocycles. The smallest absolute Gasteiger partial charge is 0.351 e. The van der Waals surface area contributed by atoms with Crippen molar-refractivity contribution in [3.05, 3.63) is 39.7 Å². The Labute approximate surface area is 271 Å². The van der Waals surface area contributed by atoms with Crippen LogP contribution in [0.2, 0.25) is 0 Å². The van der Waals surface area contributed by atoms with Gasteiger partial charge in [0.05, 0.1) is 22.0 Å². The summed E-state index contributed by atoms with van der Waals surface area (Å²) in [4.78, 5) is 67.8. The number of benzene rings is 1. The molecule has 6 atom stereocenters. The molecule has 2 saturated heterocycles. The Kier molecular flexibility index (Phi) is 6.16. The van der Waals surface area contributed by atoms with Gasteiger partial charge in [0.15, 0.2) is 12.2 Å². The standard InChI is InChI=1S/C35H41NO11/c1-29(2)23(44-28(41)35-14-12-33(8,26(39)47-35)31(35,5)6)22(43-27(40)34-13-11-32(7,25(38)46-34)30(34,3)4)20-19(45-29)10-9-17-15-18(16-36)24(37)42-21(17)20/h9-10,15,22-23H,11-14,16,36H2,1-8H3/t22-,23-,32?,33?,34?,35?/m1/s1. The summed E-state index contributed by atoms with van der Waals surface area (Å²) in [7, 11) is 0. The van der Waals surface area contributed by atoms with E-state index in [2.05, 4.69) is 0 Å². The number of carbonyl (C=O) groups excluding carboxylic acids is 4. The van der Waals surface area contributed by atoms with Crippen LogP contribution < -0.4 is 16.1 Å². The second-order valence-corrected chi connectivity index (χ2v) is 15.9. The topological polar surface area (TPSA) is 171 Å².